The standard InChI is InChI=1S/C48H56N4/c1-30-20-36(43-6-5-7-45-46(43)50-51-49-45)24-42(22-30)52(40-12-8-38(9-13-40)47-17-16-34(18-31(2)25-47)19-32(3)26-47)41-14-10-39(11-15-41)48-27-33(4)21-35-23-37(28-48)44(35)29-48/h5-15,20,22,24,31-35,37,44H,16-19,21,23,25-29H2,1-4H3,(H,49,50,51)/t31-,32+,33-,34?,35+,37+,44?,47?,48?/m1/s1. The Hall–Kier alpha value is -3.92. The zero-order valence-electron chi connectivity index (χ0n) is 31.7. The van der Waals surface area contributed by atoms with Crippen LogP contribution in [-0.4, -0.2) is 15.4 Å². The number of anilines is 3. The fraction of sp³-hybridized carbons (Fsp3) is 0.500. The first-order chi connectivity index (χ1) is 25.2. The van der Waals surface area contributed by atoms with E-state index in [2.05, 4.69) is 127 Å². The van der Waals surface area contributed by atoms with Crippen molar-refractivity contribution < 1.29 is 0 Å². The molecule has 0 saturated heterocycles. The molecule has 268 valence electrons. The van der Waals surface area contributed by atoms with Crippen molar-refractivity contribution in [2.75, 3.05) is 4.90 Å². The van der Waals surface area contributed by atoms with Gasteiger partial charge in [0.25, 0.3) is 0 Å². The van der Waals surface area contributed by atoms with Gasteiger partial charge in [-0.25, -0.2) is 0 Å². The lowest BCUT2D eigenvalue weighted by Crippen LogP contribution is -2.34. The van der Waals surface area contributed by atoms with Crippen molar-refractivity contribution in [3.63, 3.8) is 0 Å². The molecular weight excluding hydrogens is 633 g/mol. The minimum absolute atomic E-state index is 0.302. The molecule has 5 aliphatic rings. The Morgan fingerprint density at radius 3 is 2.04 bits per heavy atom. The summed E-state index contributed by atoms with van der Waals surface area (Å²) in [5.41, 5.74) is 12.8. The average molecular weight is 689 g/mol. The van der Waals surface area contributed by atoms with Gasteiger partial charge >= 0.3 is 0 Å². The number of rotatable bonds is 6. The fourth-order valence-electron chi connectivity index (χ4n) is 13.2. The lowest BCUT2D eigenvalue weighted by Gasteiger charge is -2.42. The van der Waals surface area contributed by atoms with E-state index in [9.17, 15) is 0 Å². The van der Waals surface area contributed by atoms with Crippen LogP contribution in [0.2, 0.25) is 0 Å². The van der Waals surface area contributed by atoms with Gasteiger partial charge in [0, 0.05) is 22.6 Å². The van der Waals surface area contributed by atoms with E-state index in [1.807, 2.05) is 6.07 Å². The first kappa shape index (κ1) is 32.7. The largest absolute Gasteiger partial charge is 0.310 e. The molecule has 9 atom stereocenters. The Balaban J connectivity index is 1.06. The van der Waals surface area contributed by atoms with Crippen LogP contribution in [0, 0.1) is 48.3 Å². The summed E-state index contributed by atoms with van der Waals surface area (Å²) in [5.74, 6) is 6.25. The summed E-state index contributed by atoms with van der Waals surface area (Å²) in [4.78, 5) is 2.51. The number of aryl methyl sites for hydroxylation is 1. The maximum absolute atomic E-state index is 4.55. The van der Waals surface area contributed by atoms with Gasteiger partial charge in [-0.1, -0.05) is 63.2 Å². The van der Waals surface area contributed by atoms with E-state index in [0.717, 1.165) is 58.0 Å². The highest BCUT2D eigenvalue weighted by molar-refractivity contribution is 5.93. The molecule has 0 amide bonds. The van der Waals surface area contributed by atoms with E-state index in [0.29, 0.717) is 10.8 Å². The van der Waals surface area contributed by atoms with Gasteiger partial charge in [0.15, 0.2) is 0 Å². The number of fused-ring (bicyclic) bond motifs is 5. The number of nitrogens with zero attached hydrogens (tertiary/aromatic N) is 3. The molecule has 4 heteroatoms. The molecule has 5 saturated carbocycles. The first-order valence-electron chi connectivity index (χ1n) is 20.7. The normalized spacial score (nSPS) is 33.7. The number of aromatic amines is 1. The number of aromatic nitrogens is 3. The summed E-state index contributed by atoms with van der Waals surface area (Å²) in [7, 11) is 0. The zero-order valence-corrected chi connectivity index (χ0v) is 31.7. The van der Waals surface area contributed by atoms with E-state index in [4.69, 9.17) is 0 Å². The van der Waals surface area contributed by atoms with E-state index < -0.39 is 0 Å². The molecule has 4 aromatic carbocycles. The molecule has 52 heavy (non-hydrogen) atoms. The van der Waals surface area contributed by atoms with Gasteiger partial charge in [-0.3, -0.25) is 0 Å². The molecular formula is C48H56N4. The summed E-state index contributed by atoms with van der Waals surface area (Å²) in [5, 5.41) is 11.8. The van der Waals surface area contributed by atoms with Crippen LogP contribution in [0.1, 0.15) is 108 Å². The van der Waals surface area contributed by atoms with Crippen molar-refractivity contribution in [3.8, 4) is 11.1 Å². The second-order valence-electron chi connectivity index (χ2n) is 18.9. The molecule has 4 unspecified atom stereocenters. The van der Waals surface area contributed by atoms with Gasteiger partial charge in [-0.2, -0.15) is 15.4 Å². The van der Waals surface area contributed by atoms with Gasteiger partial charge in [0.1, 0.15) is 11.0 Å². The molecule has 1 aromatic heterocycles. The Morgan fingerprint density at radius 2 is 1.31 bits per heavy atom. The Labute approximate surface area is 310 Å². The van der Waals surface area contributed by atoms with E-state index in [1.165, 1.54) is 98.8 Å². The van der Waals surface area contributed by atoms with Gasteiger partial charge < -0.3 is 4.90 Å². The number of hydrogen-bond acceptors (Lipinski definition) is 3. The summed E-state index contributed by atoms with van der Waals surface area (Å²) in [6, 6.07) is 33.1. The van der Waals surface area contributed by atoms with Crippen LogP contribution in [0.4, 0.5) is 17.1 Å². The van der Waals surface area contributed by atoms with Crippen LogP contribution >= 0.6 is 0 Å². The molecule has 0 aliphatic heterocycles. The predicted molar refractivity (Wildman–Crippen MR) is 214 cm³/mol. The number of benzene rings is 4. The second-order valence-corrected chi connectivity index (χ2v) is 18.9. The lowest BCUT2D eigenvalue weighted by molar-refractivity contribution is 0.0780. The Morgan fingerprint density at radius 1 is 0.635 bits per heavy atom. The van der Waals surface area contributed by atoms with E-state index >= 15 is 0 Å². The monoisotopic (exact) mass is 688 g/mol. The maximum Gasteiger partial charge on any atom is 0.120 e. The third kappa shape index (κ3) is 5.45. The molecule has 1 N–H and O–H groups in total. The van der Waals surface area contributed by atoms with Crippen LogP contribution in [0.5, 0.6) is 0 Å². The predicted octanol–water partition coefficient (Wildman–Crippen LogP) is 12.6. The van der Waals surface area contributed by atoms with Crippen LogP contribution in [0.25, 0.3) is 22.2 Å². The van der Waals surface area contributed by atoms with Crippen LogP contribution in [0.15, 0.2) is 84.9 Å². The molecule has 5 aliphatic carbocycles. The van der Waals surface area contributed by atoms with Crippen LogP contribution in [0.3, 0.4) is 0 Å². The number of nitrogens with one attached hydrogen (secondary N) is 1. The summed E-state index contributed by atoms with van der Waals surface area (Å²) in [6.45, 7) is 9.78. The molecule has 4 bridgehead atoms. The lowest BCUT2D eigenvalue weighted by atomic mass is 9.63. The van der Waals surface area contributed by atoms with Crippen LogP contribution < -0.4 is 4.90 Å². The van der Waals surface area contributed by atoms with Crippen molar-refractivity contribution in [1.29, 1.82) is 0 Å². The quantitative estimate of drug-likeness (QED) is 0.193. The molecule has 5 aromatic rings. The SMILES string of the molecule is Cc1cc(-c2cccc3n[nH]nc23)cc(N(c2ccc(C34CCC(C[C@@H](C)C3)C[C@H](C)C4)cc2)c2ccc(C34CC5[C@@H](C[C@@H](C)C3)C[C@H]5C4)cc2)c1. The minimum atomic E-state index is 0.302. The second kappa shape index (κ2) is 12.3. The third-order valence-corrected chi connectivity index (χ3v) is 15.0. The van der Waals surface area contributed by atoms with Crippen molar-refractivity contribution in [2.45, 2.75) is 109 Å². The number of para-hydroxylation sites is 1. The summed E-state index contributed by atoms with van der Waals surface area (Å²) >= 11 is 0. The Bertz CT molecular complexity index is 2080. The van der Waals surface area contributed by atoms with Gasteiger partial charge in [0.2, 0.25) is 0 Å². The van der Waals surface area contributed by atoms with Crippen molar-refractivity contribution in [3.05, 3.63) is 102 Å². The third-order valence-electron chi connectivity index (χ3n) is 15.0. The fourth-order valence-corrected chi connectivity index (χ4v) is 13.2. The Kier molecular flexibility index (Phi) is 7.75. The molecule has 0 radical (unpaired) electrons. The van der Waals surface area contributed by atoms with E-state index in [-0.39, 0.29) is 0 Å². The molecule has 10 rings (SSSR count). The summed E-state index contributed by atoms with van der Waals surface area (Å²) in [6.07, 6.45) is 15.3. The van der Waals surface area contributed by atoms with Gasteiger partial charge in [-0.05, 0) is 195 Å². The molecule has 5 fully saturated rings. The zero-order chi connectivity index (χ0) is 35.2. The minimum Gasteiger partial charge on any atom is -0.310 e. The van der Waals surface area contributed by atoms with Crippen LogP contribution in [-0.2, 0) is 10.8 Å². The molecule has 4 nitrogen and oxygen atoms in total. The highest BCUT2D eigenvalue weighted by Gasteiger charge is 2.57. The topological polar surface area (TPSA) is 44.8 Å². The summed E-state index contributed by atoms with van der Waals surface area (Å²) < 4.78 is 0. The number of hydrogen-bond donors (Lipinski definition) is 1. The number of H-pyrrole nitrogens is 1. The van der Waals surface area contributed by atoms with Gasteiger partial charge in [0.05, 0.1) is 0 Å². The first-order valence-corrected chi connectivity index (χ1v) is 20.7. The van der Waals surface area contributed by atoms with Crippen molar-refractivity contribution in [2.24, 2.45) is 41.4 Å². The van der Waals surface area contributed by atoms with Crippen molar-refractivity contribution in [1.82, 2.24) is 15.4 Å². The van der Waals surface area contributed by atoms with Gasteiger partial charge in [-0.15, -0.1) is 0 Å². The molecule has 0 spiro atoms. The molecule has 1 heterocycles. The van der Waals surface area contributed by atoms with E-state index in [1.54, 1.807) is 11.1 Å². The maximum atomic E-state index is 4.55. The van der Waals surface area contributed by atoms with Crippen molar-refractivity contribution >= 4 is 28.1 Å². The highest BCUT2D eigenvalue weighted by atomic mass is 15.3. The average Bonchev–Trinajstić information content (AvgIpc) is 3.58. The smallest absolute Gasteiger partial charge is 0.120 e. The highest BCUT2D eigenvalue weighted by Crippen LogP contribution is 2.65.